The first-order valence-corrected chi connectivity index (χ1v) is 11.3. The van der Waals surface area contributed by atoms with Gasteiger partial charge in [-0.3, -0.25) is 0 Å². The van der Waals surface area contributed by atoms with Crippen molar-refractivity contribution in [2.24, 2.45) is 0 Å². The normalized spacial score (nSPS) is 21.6. The van der Waals surface area contributed by atoms with Crippen LogP contribution in [0.2, 0.25) is 0 Å². The Balaban J connectivity index is 1.86. The van der Waals surface area contributed by atoms with Gasteiger partial charge in [0.1, 0.15) is 35.1 Å². The first-order chi connectivity index (χ1) is 15.3. The molecule has 33 heavy (non-hydrogen) atoms. The third kappa shape index (κ3) is 5.39. The number of β-amino-alcohol motifs (C(OH)–C–C–N with tert-alkyl or cyclic N) is 1. The van der Waals surface area contributed by atoms with Crippen LogP contribution in [0.3, 0.4) is 0 Å². The Kier molecular flexibility index (Phi) is 6.92. The average Bonchev–Trinajstić information content (AvgIpc) is 3.04. The lowest BCUT2D eigenvalue weighted by Gasteiger charge is -2.27. The largest absolute Gasteiger partial charge is 0.573 e. The maximum atomic E-state index is 13.9. The van der Waals surface area contributed by atoms with Crippen molar-refractivity contribution < 1.29 is 45.7 Å². The summed E-state index contributed by atoms with van der Waals surface area (Å²) in [5.41, 5.74) is -2.32. The zero-order valence-electron chi connectivity index (χ0n) is 16.4. The van der Waals surface area contributed by atoms with Crippen LogP contribution < -0.4 is 9.47 Å². The second-order valence-electron chi connectivity index (χ2n) is 7.06. The zero-order chi connectivity index (χ0) is 24.6. The molecule has 1 saturated heterocycles. The molecule has 0 spiro atoms. The number of alkyl halides is 3. The van der Waals surface area contributed by atoms with E-state index in [1.54, 1.807) is 6.07 Å². The van der Waals surface area contributed by atoms with Crippen molar-refractivity contribution in [3.63, 3.8) is 0 Å². The molecule has 3 rings (SSSR count). The van der Waals surface area contributed by atoms with Crippen LogP contribution >= 0.6 is 15.9 Å². The molecule has 2 aromatic rings. The summed E-state index contributed by atoms with van der Waals surface area (Å²) in [7, 11) is -4.37. The van der Waals surface area contributed by atoms with E-state index in [1.807, 2.05) is 0 Å². The fourth-order valence-electron chi connectivity index (χ4n) is 3.16. The van der Waals surface area contributed by atoms with E-state index in [0.29, 0.717) is 0 Å². The summed E-state index contributed by atoms with van der Waals surface area (Å²) >= 11 is 2.91. The minimum absolute atomic E-state index is 0.113. The molecular formula is C19H15BrF4N2O6S. The van der Waals surface area contributed by atoms with Gasteiger partial charge in [0.15, 0.2) is 0 Å². The van der Waals surface area contributed by atoms with E-state index >= 15 is 0 Å². The highest BCUT2D eigenvalue weighted by molar-refractivity contribution is 9.10. The summed E-state index contributed by atoms with van der Waals surface area (Å²) in [6.07, 6.45) is -6.29. The lowest BCUT2D eigenvalue weighted by molar-refractivity contribution is -0.274. The highest BCUT2D eigenvalue weighted by Crippen LogP contribution is 2.35. The molecule has 0 aromatic heterocycles. The SMILES string of the molecule is N#Cc1ccc(O[C@H]2CN(S(=O)(=O)c3ccc(OC(F)(F)F)cc3Br)C[C@@]2(O)CO)cc1F. The van der Waals surface area contributed by atoms with Gasteiger partial charge in [-0.15, -0.1) is 13.2 Å². The average molecular weight is 555 g/mol. The number of aliphatic hydroxyl groups is 2. The number of nitriles is 1. The highest BCUT2D eigenvalue weighted by Gasteiger charge is 2.51. The quantitative estimate of drug-likeness (QED) is 0.526. The number of benzene rings is 2. The van der Waals surface area contributed by atoms with Crippen LogP contribution in [0.1, 0.15) is 5.56 Å². The fraction of sp³-hybridized carbons (Fsp3) is 0.316. The van der Waals surface area contributed by atoms with E-state index in [-0.39, 0.29) is 15.8 Å². The van der Waals surface area contributed by atoms with Gasteiger partial charge in [0.05, 0.1) is 23.6 Å². The van der Waals surface area contributed by atoms with Crippen molar-refractivity contribution in [2.45, 2.75) is 23.0 Å². The lowest BCUT2D eigenvalue weighted by atomic mass is 10.0. The van der Waals surface area contributed by atoms with Crippen molar-refractivity contribution in [3.05, 3.63) is 52.3 Å². The number of halogens is 5. The molecule has 178 valence electrons. The minimum atomic E-state index is -4.97. The molecule has 14 heteroatoms. The zero-order valence-corrected chi connectivity index (χ0v) is 18.8. The van der Waals surface area contributed by atoms with Crippen LogP contribution in [0.4, 0.5) is 17.6 Å². The molecule has 0 saturated carbocycles. The Bertz CT molecular complexity index is 1200. The Morgan fingerprint density at radius 1 is 1.24 bits per heavy atom. The molecule has 2 aromatic carbocycles. The van der Waals surface area contributed by atoms with Gasteiger partial charge in [-0.1, -0.05) is 0 Å². The monoisotopic (exact) mass is 554 g/mol. The van der Waals surface area contributed by atoms with E-state index in [1.165, 1.54) is 6.07 Å². The second-order valence-corrected chi connectivity index (χ2v) is 9.82. The van der Waals surface area contributed by atoms with Gasteiger partial charge >= 0.3 is 6.36 Å². The maximum absolute atomic E-state index is 13.9. The van der Waals surface area contributed by atoms with Crippen molar-refractivity contribution in [2.75, 3.05) is 19.7 Å². The second kappa shape index (κ2) is 9.07. The van der Waals surface area contributed by atoms with Crippen LogP contribution in [0.5, 0.6) is 11.5 Å². The van der Waals surface area contributed by atoms with E-state index < -0.39 is 64.2 Å². The molecule has 0 bridgehead atoms. The van der Waals surface area contributed by atoms with Crippen LogP contribution in [0, 0.1) is 17.1 Å². The first-order valence-electron chi connectivity index (χ1n) is 9.04. The van der Waals surface area contributed by atoms with Crippen molar-refractivity contribution in [1.29, 1.82) is 5.26 Å². The van der Waals surface area contributed by atoms with E-state index in [0.717, 1.165) is 34.6 Å². The van der Waals surface area contributed by atoms with Crippen LogP contribution in [-0.4, -0.2) is 60.7 Å². The molecule has 8 nitrogen and oxygen atoms in total. The molecule has 1 fully saturated rings. The fourth-order valence-corrected chi connectivity index (χ4v) is 5.68. The molecule has 2 N–H and O–H groups in total. The van der Waals surface area contributed by atoms with Gasteiger partial charge in [-0.25, -0.2) is 12.8 Å². The molecule has 0 radical (unpaired) electrons. The maximum Gasteiger partial charge on any atom is 0.573 e. The van der Waals surface area contributed by atoms with Crippen LogP contribution in [-0.2, 0) is 10.0 Å². The molecule has 2 atom stereocenters. The molecule has 1 aliphatic heterocycles. The van der Waals surface area contributed by atoms with Gasteiger partial charge in [0.25, 0.3) is 0 Å². The first kappa shape index (κ1) is 25.2. The number of hydrogen-bond donors (Lipinski definition) is 2. The molecule has 0 unspecified atom stereocenters. The van der Waals surface area contributed by atoms with Gasteiger partial charge < -0.3 is 19.7 Å². The smallest absolute Gasteiger partial charge is 0.486 e. The predicted molar refractivity (Wildman–Crippen MR) is 107 cm³/mol. The summed E-state index contributed by atoms with van der Waals surface area (Å²) in [5, 5.41) is 29.2. The van der Waals surface area contributed by atoms with Crippen molar-refractivity contribution in [3.8, 4) is 17.6 Å². The van der Waals surface area contributed by atoms with Crippen molar-refractivity contribution >= 4 is 26.0 Å². The standard InChI is InChI=1S/C19H15BrF4N2O6S/c20-14-5-13(32-19(22,23)24)3-4-16(14)33(29,30)26-8-17(18(28,9-26)10-27)31-12-2-1-11(7-25)15(21)6-12/h1-6,17,27-28H,8-10H2/t17-,18+/m0/s1. The molecule has 1 aliphatic rings. The lowest BCUT2D eigenvalue weighted by Crippen LogP contribution is -2.48. The highest BCUT2D eigenvalue weighted by atomic mass is 79.9. The van der Waals surface area contributed by atoms with Crippen LogP contribution in [0.25, 0.3) is 0 Å². The molecule has 1 heterocycles. The van der Waals surface area contributed by atoms with Gasteiger partial charge in [-0.05, 0) is 46.3 Å². The summed E-state index contributed by atoms with van der Waals surface area (Å²) < 4.78 is 87.0. The van der Waals surface area contributed by atoms with Gasteiger partial charge in [0, 0.05) is 17.1 Å². The molecule has 0 amide bonds. The number of hydrogen-bond acceptors (Lipinski definition) is 7. The van der Waals surface area contributed by atoms with E-state index in [4.69, 9.17) is 10.00 Å². The number of sulfonamides is 1. The third-order valence-electron chi connectivity index (χ3n) is 4.79. The third-order valence-corrected chi connectivity index (χ3v) is 7.58. The van der Waals surface area contributed by atoms with Gasteiger partial charge in [0.2, 0.25) is 10.0 Å². The summed E-state index contributed by atoms with van der Waals surface area (Å²) in [5.74, 6) is -1.65. The molecule has 0 aliphatic carbocycles. The summed E-state index contributed by atoms with van der Waals surface area (Å²) in [4.78, 5) is -0.414. The van der Waals surface area contributed by atoms with E-state index in [2.05, 4.69) is 20.7 Å². The Hall–Kier alpha value is -2.44. The Labute approximate surface area is 193 Å². The van der Waals surface area contributed by atoms with Crippen molar-refractivity contribution in [1.82, 2.24) is 4.31 Å². The number of rotatable bonds is 6. The van der Waals surface area contributed by atoms with E-state index in [9.17, 15) is 36.2 Å². The topological polar surface area (TPSA) is 120 Å². The molecular weight excluding hydrogens is 540 g/mol. The summed E-state index contributed by atoms with van der Waals surface area (Å²) in [6, 6.07) is 7.41. The predicted octanol–water partition coefficient (Wildman–Crippen LogP) is 2.53. The Morgan fingerprint density at radius 3 is 2.45 bits per heavy atom. The Morgan fingerprint density at radius 2 is 1.91 bits per heavy atom. The van der Waals surface area contributed by atoms with Crippen LogP contribution in [0.15, 0.2) is 45.8 Å². The number of nitrogens with zero attached hydrogens (tertiary/aromatic N) is 2. The minimum Gasteiger partial charge on any atom is -0.486 e. The van der Waals surface area contributed by atoms with Gasteiger partial charge in [-0.2, -0.15) is 9.57 Å². The number of aliphatic hydroxyl groups excluding tert-OH is 1. The summed E-state index contributed by atoms with van der Waals surface area (Å²) in [6.45, 7) is -1.97. The number of ether oxygens (including phenoxy) is 2.